The lowest BCUT2D eigenvalue weighted by Gasteiger charge is -2.22. The Bertz CT molecular complexity index is 676. The predicted octanol–water partition coefficient (Wildman–Crippen LogP) is 5.27. The minimum absolute atomic E-state index is 0.419. The molecule has 118 valence electrons. The van der Waals surface area contributed by atoms with Crippen LogP contribution in [0.5, 0.6) is 0 Å². The third kappa shape index (κ3) is 3.41. The molecule has 0 aliphatic rings. The summed E-state index contributed by atoms with van der Waals surface area (Å²) in [6, 6.07) is 10.8. The Morgan fingerprint density at radius 1 is 1.23 bits per heavy atom. The third-order valence-electron chi connectivity index (χ3n) is 4.10. The summed E-state index contributed by atoms with van der Waals surface area (Å²) in [4.78, 5) is 11.0. The number of carboxylic acid groups (broad SMARTS) is 1. The van der Waals surface area contributed by atoms with Crippen LogP contribution in [-0.2, 0) is 4.79 Å². The number of hydrogen-bond donors (Lipinski definition) is 1. The van der Waals surface area contributed by atoms with Crippen molar-refractivity contribution in [3.05, 3.63) is 42.1 Å². The number of rotatable bonds is 7. The number of aromatic nitrogens is 1. The third-order valence-corrected chi connectivity index (χ3v) is 4.10. The molecule has 0 unspecified atom stereocenters. The number of fused-ring (bicyclic) bond motifs is 1. The lowest BCUT2D eigenvalue weighted by molar-refractivity contribution is -0.131. The molecule has 0 atom stereocenters. The Kier molecular flexibility index (Phi) is 5.42. The van der Waals surface area contributed by atoms with E-state index in [4.69, 9.17) is 5.11 Å². The number of carbonyl (C=O) groups is 1. The molecule has 0 saturated heterocycles. The monoisotopic (exact) mass is 299 g/mol. The van der Waals surface area contributed by atoms with Gasteiger partial charge in [0.2, 0.25) is 0 Å². The molecule has 0 aliphatic carbocycles. The fraction of sp³-hybridized carbons (Fsp3) is 0.421. The maximum absolute atomic E-state index is 11.0. The second-order valence-corrected chi connectivity index (χ2v) is 5.86. The van der Waals surface area contributed by atoms with Gasteiger partial charge in [0.15, 0.2) is 0 Å². The van der Waals surface area contributed by atoms with E-state index in [1.54, 1.807) is 0 Å². The van der Waals surface area contributed by atoms with Crippen LogP contribution in [0.4, 0.5) is 0 Å². The zero-order valence-corrected chi connectivity index (χ0v) is 13.7. The Balaban J connectivity index is 2.64. The molecule has 0 radical (unpaired) electrons. The zero-order valence-electron chi connectivity index (χ0n) is 13.7. The number of carboxylic acids is 1. The van der Waals surface area contributed by atoms with Crippen molar-refractivity contribution in [2.45, 2.75) is 52.5 Å². The Labute approximate surface area is 132 Å². The molecule has 0 spiro atoms. The van der Waals surface area contributed by atoms with E-state index in [0.29, 0.717) is 6.04 Å². The van der Waals surface area contributed by atoms with Gasteiger partial charge in [-0.15, -0.1) is 0 Å². The fourth-order valence-electron chi connectivity index (χ4n) is 3.20. The largest absolute Gasteiger partial charge is 0.478 e. The molecule has 0 fully saturated rings. The summed E-state index contributed by atoms with van der Waals surface area (Å²) in [5.74, 6) is -0.892. The molecule has 2 aromatic rings. The molecule has 22 heavy (non-hydrogen) atoms. The van der Waals surface area contributed by atoms with Crippen molar-refractivity contribution < 1.29 is 9.90 Å². The molecule has 0 amide bonds. The molecular weight excluding hydrogens is 274 g/mol. The summed E-state index contributed by atoms with van der Waals surface area (Å²) in [5, 5.41) is 10.2. The van der Waals surface area contributed by atoms with Gasteiger partial charge in [0.1, 0.15) is 0 Å². The van der Waals surface area contributed by atoms with Crippen LogP contribution in [0.3, 0.4) is 0 Å². The van der Waals surface area contributed by atoms with Crippen molar-refractivity contribution in [1.82, 2.24) is 4.57 Å². The first kappa shape index (κ1) is 16.3. The lowest BCUT2D eigenvalue weighted by Crippen LogP contribution is -2.11. The van der Waals surface area contributed by atoms with Gasteiger partial charge >= 0.3 is 5.97 Å². The number of hydrogen-bond acceptors (Lipinski definition) is 1. The van der Waals surface area contributed by atoms with E-state index in [1.165, 1.54) is 17.0 Å². The topological polar surface area (TPSA) is 42.2 Å². The molecular formula is C19H25NO2. The van der Waals surface area contributed by atoms with Crippen LogP contribution in [0.2, 0.25) is 0 Å². The maximum atomic E-state index is 11.0. The van der Waals surface area contributed by atoms with E-state index in [9.17, 15) is 4.79 Å². The summed E-state index contributed by atoms with van der Waals surface area (Å²) in [6.45, 7) is 6.29. The summed E-state index contributed by atoms with van der Waals surface area (Å²) >= 11 is 0. The van der Waals surface area contributed by atoms with E-state index >= 15 is 0 Å². The molecule has 0 bridgehead atoms. The van der Waals surface area contributed by atoms with Gasteiger partial charge in [0, 0.05) is 28.7 Å². The minimum atomic E-state index is -0.892. The van der Waals surface area contributed by atoms with Gasteiger partial charge in [-0.2, -0.15) is 0 Å². The quantitative estimate of drug-likeness (QED) is 0.708. The molecule has 0 aliphatic heterocycles. The van der Waals surface area contributed by atoms with Gasteiger partial charge in [-0.1, -0.05) is 44.9 Å². The maximum Gasteiger partial charge on any atom is 0.328 e. The zero-order chi connectivity index (χ0) is 16.1. The summed E-state index contributed by atoms with van der Waals surface area (Å²) in [7, 11) is 0. The van der Waals surface area contributed by atoms with Gasteiger partial charge < -0.3 is 9.67 Å². The predicted molar refractivity (Wildman–Crippen MR) is 92.1 cm³/mol. The Morgan fingerprint density at radius 3 is 2.45 bits per heavy atom. The highest BCUT2D eigenvalue weighted by Gasteiger charge is 2.17. The standard InChI is InChI=1S/C19H25NO2/c1-4-8-16(9-5-2)20-17-11-7-6-10-15(17)13-18(20)14(3)12-19(21)22/h6-7,10-13,16H,4-5,8-9H2,1-3H3,(H,21,22). The molecule has 0 saturated carbocycles. The Hall–Kier alpha value is -2.03. The van der Waals surface area contributed by atoms with Crippen LogP contribution >= 0.6 is 0 Å². The first-order chi connectivity index (χ1) is 10.6. The molecule has 2 rings (SSSR count). The van der Waals surface area contributed by atoms with Crippen LogP contribution < -0.4 is 0 Å². The SMILES string of the molecule is CCCC(CCC)n1c(C(C)=CC(=O)O)cc2ccccc21. The van der Waals surface area contributed by atoms with Crippen LogP contribution in [0.1, 0.15) is 58.2 Å². The number of aliphatic carboxylic acids is 1. The van der Waals surface area contributed by atoms with Crippen molar-refractivity contribution in [3.8, 4) is 0 Å². The average Bonchev–Trinajstić information content (AvgIpc) is 2.85. The minimum Gasteiger partial charge on any atom is -0.478 e. The van der Waals surface area contributed by atoms with Gasteiger partial charge in [-0.3, -0.25) is 0 Å². The van der Waals surface area contributed by atoms with Gasteiger partial charge in [0.25, 0.3) is 0 Å². The fourth-order valence-corrected chi connectivity index (χ4v) is 3.20. The highest BCUT2D eigenvalue weighted by atomic mass is 16.4. The number of nitrogens with zero attached hydrogens (tertiary/aromatic N) is 1. The van der Waals surface area contributed by atoms with E-state index in [0.717, 1.165) is 37.0 Å². The van der Waals surface area contributed by atoms with Crippen LogP contribution in [0, 0.1) is 0 Å². The van der Waals surface area contributed by atoms with Crippen LogP contribution in [0.15, 0.2) is 36.4 Å². The van der Waals surface area contributed by atoms with Crippen molar-refractivity contribution in [2.75, 3.05) is 0 Å². The molecule has 3 nitrogen and oxygen atoms in total. The van der Waals surface area contributed by atoms with E-state index in [2.05, 4.69) is 36.6 Å². The molecule has 1 aromatic carbocycles. The van der Waals surface area contributed by atoms with Crippen molar-refractivity contribution in [3.63, 3.8) is 0 Å². The number of para-hydroxylation sites is 1. The summed E-state index contributed by atoms with van der Waals surface area (Å²) < 4.78 is 2.34. The molecule has 1 aromatic heterocycles. The lowest BCUT2D eigenvalue weighted by atomic mass is 10.1. The molecule has 3 heteroatoms. The number of allylic oxidation sites excluding steroid dienone is 1. The van der Waals surface area contributed by atoms with E-state index < -0.39 is 5.97 Å². The van der Waals surface area contributed by atoms with E-state index in [-0.39, 0.29) is 0 Å². The summed E-state index contributed by atoms with van der Waals surface area (Å²) in [5.41, 5.74) is 3.03. The average molecular weight is 299 g/mol. The second-order valence-electron chi connectivity index (χ2n) is 5.86. The van der Waals surface area contributed by atoms with Crippen LogP contribution in [0.25, 0.3) is 16.5 Å². The normalized spacial score (nSPS) is 12.3. The first-order valence-electron chi connectivity index (χ1n) is 8.10. The highest BCUT2D eigenvalue weighted by molar-refractivity contribution is 5.92. The second kappa shape index (κ2) is 7.30. The van der Waals surface area contributed by atoms with Crippen molar-refractivity contribution in [1.29, 1.82) is 0 Å². The van der Waals surface area contributed by atoms with E-state index in [1.807, 2.05) is 19.1 Å². The van der Waals surface area contributed by atoms with Crippen molar-refractivity contribution in [2.24, 2.45) is 0 Å². The van der Waals surface area contributed by atoms with Crippen molar-refractivity contribution >= 4 is 22.4 Å². The highest BCUT2D eigenvalue weighted by Crippen LogP contribution is 2.32. The van der Waals surface area contributed by atoms with Gasteiger partial charge in [-0.25, -0.2) is 4.79 Å². The number of benzene rings is 1. The van der Waals surface area contributed by atoms with Gasteiger partial charge in [-0.05, 0) is 37.5 Å². The molecule has 1 N–H and O–H groups in total. The molecule has 1 heterocycles. The summed E-state index contributed by atoms with van der Waals surface area (Å²) in [6.07, 6.45) is 5.77. The van der Waals surface area contributed by atoms with Gasteiger partial charge in [0.05, 0.1) is 0 Å². The smallest absolute Gasteiger partial charge is 0.328 e. The first-order valence-corrected chi connectivity index (χ1v) is 8.10. The van der Waals surface area contributed by atoms with Crippen LogP contribution in [-0.4, -0.2) is 15.6 Å². The Morgan fingerprint density at radius 2 is 1.86 bits per heavy atom.